The number of fused-ring (bicyclic) bond motifs is 1. The number of hydroxylamine groups is 1. The molecule has 0 saturated heterocycles. The summed E-state index contributed by atoms with van der Waals surface area (Å²) >= 11 is -2.79. The highest BCUT2D eigenvalue weighted by Gasteiger charge is 2.21. The molecule has 12 heteroatoms. The van der Waals surface area contributed by atoms with Crippen molar-refractivity contribution in [2.45, 2.75) is 9.79 Å². The van der Waals surface area contributed by atoms with E-state index in [1.165, 1.54) is 43.0 Å². The number of amides is 1. The zero-order chi connectivity index (χ0) is 25.3. The van der Waals surface area contributed by atoms with Gasteiger partial charge in [0.25, 0.3) is 5.91 Å². The lowest BCUT2D eigenvalue weighted by Gasteiger charge is -2.19. The molecule has 182 valence electrons. The number of benzene rings is 3. The number of nitrogens with two attached hydrogens (primary N) is 1. The summed E-state index contributed by atoms with van der Waals surface area (Å²) in [6.07, 6.45) is 0. The molecular formula is C23H20N3O7S2-. The topological polar surface area (TPSA) is 144 Å². The summed E-state index contributed by atoms with van der Waals surface area (Å²) in [5.41, 5.74) is 6.97. The Kier molecular flexibility index (Phi) is 6.63. The maximum Gasteiger partial charge on any atom is 0.265 e. The van der Waals surface area contributed by atoms with Crippen LogP contribution in [0.1, 0.15) is 10.5 Å². The van der Waals surface area contributed by atoms with E-state index in [1.807, 2.05) is 0 Å². The maximum absolute atomic E-state index is 13.3. The number of primary amides is 1. The van der Waals surface area contributed by atoms with Crippen LogP contribution in [0.4, 0.5) is 5.69 Å². The minimum Gasteiger partial charge on any atom is -0.748 e. The summed E-state index contributed by atoms with van der Waals surface area (Å²) in [6.45, 7) is 0. The first-order chi connectivity index (χ1) is 16.6. The summed E-state index contributed by atoms with van der Waals surface area (Å²) in [4.78, 5) is 12.3. The standard InChI is InChI=1S/C23H21N3O7S2/c1-25(33-34(28)29)16-7-6-15-12-22(23(24)27)26(21(15)14-16)17-4-3-5-20(13-17)35(30,31)19-10-8-18(32-2)9-11-19/h3-14H,1-2H3,(H2,24,27)(H,28,29)/p-1. The molecule has 1 amide bonds. The Labute approximate surface area is 203 Å². The molecule has 0 saturated carbocycles. The van der Waals surface area contributed by atoms with Crippen molar-refractivity contribution >= 4 is 43.7 Å². The number of sulfone groups is 1. The van der Waals surface area contributed by atoms with Gasteiger partial charge >= 0.3 is 0 Å². The third kappa shape index (κ3) is 4.77. The molecular weight excluding hydrogens is 494 g/mol. The molecule has 2 N–H and O–H groups in total. The van der Waals surface area contributed by atoms with Crippen LogP contribution in [0.2, 0.25) is 0 Å². The molecule has 0 spiro atoms. The molecule has 1 aromatic heterocycles. The van der Waals surface area contributed by atoms with Crippen LogP contribution >= 0.6 is 0 Å². The van der Waals surface area contributed by atoms with Crippen LogP contribution in [-0.4, -0.2) is 41.8 Å². The van der Waals surface area contributed by atoms with Gasteiger partial charge in [0.15, 0.2) is 0 Å². The summed E-state index contributed by atoms with van der Waals surface area (Å²) in [7, 11) is -0.991. The van der Waals surface area contributed by atoms with Crippen LogP contribution in [-0.2, 0) is 25.5 Å². The van der Waals surface area contributed by atoms with Gasteiger partial charge in [0.2, 0.25) is 9.84 Å². The molecule has 0 bridgehead atoms. The van der Waals surface area contributed by atoms with Gasteiger partial charge in [0, 0.05) is 18.1 Å². The lowest BCUT2D eigenvalue weighted by Crippen LogP contribution is -2.19. The van der Waals surface area contributed by atoms with Gasteiger partial charge in [-0.05, 0) is 60.7 Å². The first-order valence-corrected chi connectivity index (χ1v) is 12.6. The quantitative estimate of drug-likeness (QED) is 0.279. The second kappa shape index (κ2) is 9.50. The lowest BCUT2D eigenvalue weighted by atomic mass is 10.2. The van der Waals surface area contributed by atoms with E-state index in [-0.39, 0.29) is 15.5 Å². The van der Waals surface area contributed by atoms with Crippen molar-refractivity contribution in [3.05, 3.63) is 78.5 Å². The average Bonchev–Trinajstić information content (AvgIpc) is 3.23. The van der Waals surface area contributed by atoms with Crippen molar-refractivity contribution in [3.8, 4) is 11.4 Å². The molecule has 35 heavy (non-hydrogen) atoms. The first kappa shape index (κ1) is 24.4. The van der Waals surface area contributed by atoms with E-state index in [0.29, 0.717) is 28.0 Å². The number of ether oxygens (including phenoxy) is 1. The number of anilines is 1. The van der Waals surface area contributed by atoms with Crippen molar-refractivity contribution in [3.63, 3.8) is 0 Å². The van der Waals surface area contributed by atoms with Gasteiger partial charge in [-0.2, -0.15) is 4.28 Å². The second-order valence-corrected chi connectivity index (χ2v) is 9.93. The number of rotatable bonds is 8. The number of aromatic nitrogens is 1. The van der Waals surface area contributed by atoms with Crippen LogP contribution in [0.5, 0.6) is 5.75 Å². The SMILES string of the molecule is COc1ccc(S(=O)(=O)c2cccc(-n3c(C(N)=O)cc4ccc(N(C)OS(=O)[O-])cc43)c2)cc1. The van der Waals surface area contributed by atoms with E-state index in [0.717, 1.165) is 5.06 Å². The summed E-state index contributed by atoms with van der Waals surface area (Å²) < 4.78 is 59.6. The predicted molar refractivity (Wildman–Crippen MR) is 129 cm³/mol. The third-order valence-corrected chi connectivity index (χ3v) is 7.45. The van der Waals surface area contributed by atoms with Gasteiger partial charge in [-0.1, -0.05) is 12.1 Å². The Morgan fingerprint density at radius 1 is 1.03 bits per heavy atom. The smallest absolute Gasteiger partial charge is 0.265 e. The minimum atomic E-state index is -3.88. The Bertz CT molecular complexity index is 1550. The van der Waals surface area contributed by atoms with Gasteiger partial charge in [-0.25, -0.2) is 17.7 Å². The van der Waals surface area contributed by atoms with E-state index in [2.05, 4.69) is 4.28 Å². The Morgan fingerprint density at radius 2 is 1.74 bits per heavy atom. The summed E-state index contributed by atoms with van der Waals surface area (Å²) in [6, 6.07) is 18.5. The van der Waals surface area contributed by atoms with Crippen LogP contribution < -0.4 is 15.5 Å². The van der Waals surface area contributed by atoms with E-state index < -0.39 is 27.1 Å². The third-order valence-electron chi connectivity index (χ3n) is 5.33. The zero-order valence-electron chi connectivity index (χ0n) is 18.6. The van der Waals surface area contributed by atoms with Crippen molar-refractivity contribution in [1.29, 1.82) is 0 Å². The van der Waals surface area contributed by atoms with Crippen molar-refractivity contribution < 1.29 is 31.0 Å². The van der Waals surface area contributed by atoms with Crippen LogP contribution in [0, 0.1) is 0 Å². The van der Waals surface area contributed by atoms with Crippen LogP contribution in [0.3, 0.4) is 0 Å². The maximum atomic E-state index is 13.3. The molecule has 10 nitrogen and oxygen atoms in total. The molecule has 0 radical (unpaired) electrons. The van der Waals surface area contributed by atoms with Gasteiger partial charge in [0.1, 0.15) is 22.8 Å². The van der Waals surface area contributed by atoms with Gasteiger partial charge in [-0.3, -0.25) is 4.79 Å². The fourth-order valence-corrected chi connectivity index (χ4v) is 5.23. The molecule has 0 aliphatic rings. The Hall–Kier alpha value is -3.71. The molecule has 1 atom stereocenters. The molecule has 4 rings (SSSR count). The monoisotopic (exact) mass is 514 g/mol. The van der Waals surface area contributed by atoms with E-state index in [9.17, 15) is 22.0 Å². The van der Waals surface area contributed by atoms with Crippen molar-refractivity contribution in [2.24, 2.45) is 5.73 Å². The van der Waals surface area contributed by atoms with Crippen molar-refractivity contribution in [1.82, 2.24) is 4.57 Å². The number of nitrogens with zero attached hydrogens (tertiary/aromatic N) is 2. The summed E-state index contributed by atoms with van der Waals surface area (Å²) in [5.74, 6) is -0.204. The molecule has 0 aliphatic heterocycles. The normalized spacial score (nSPS) is 12.4. The Balaban J connectivity index is 1.86. The van der Waals surface area contributed by atoms with Crippen molar-refractivity contribution in [2.75, 3.05) is 19.2 Å². The number of carbonyl (C=O) groups excluding carboxylic acids is 1. The molecule has 0 fully saturated rings. The van der Waals surface area contributed by atoms with E-state index >= 15 is 0 Å². The number of hydrogen-bond donors (Lipinski definition) is 1. The fourth-order valence-electron chi connectivity index (χ4n) is 3.66. The average molecular weight is 515 g/mol. The van der Waals surface area contributed by atoms with E-state index in [4.69, 9.17) is 10.5 Å². The van der Waals surface area contributed by atoms with Gasteiger partial charge in [-0.15, -0.1) is 0 Å². The highest BCUT2D eigenvalue weighted by molar-refractivity contribution is 7.91. The number of hydrogen-bond acceptors (Lipinski definition) is 8. The first-order valence-electron chi connectivity index (χ1n) is 10.1. The molecule has 1 unspecified atom stereocenters. The number of methoxy groups -OCH3 is 1. The van der Waals surface area contributed by atoms with E-state index in [1.54, 1.807) is 48.5 Å². The van der Waals surface area contributed by atoms with Crippen LogP contribution in [0.25, 0.3) is 16.6 Å². The lowest BCUT2D eigenvalue weighted by molar-refractivity contribution is 0.0994. The van der Waals surface area contributed by atoms with Gasteiger partial charge in [0.05, 0.1) is 28.1 Å². The molecule has 4 aromatic rings. The highest BCUT2D eigenvalue weighted by Crippen LogP contribution is 2.31. The van der Waals surface area contributed by atoms with Gasteiger partial charge < -0.3 is 19.6 Å². The summed E-state index contributed by atoms with van der Waals surface area (Å²) in [5, 5.41) is 1.66. The zero-order valence-corrected chi connectivity index (χ0v) is 20.2. The molecule has 3 aromatic carbocycles. The molecule has 1 heterocycles. The van der Waals surface area contributed by atoms with Crippen LogP contribution in [0.15, 0.2) is 82.6 Å². The highest BCUT2D eigenvalue weighted by atomic mass is 32.2. The molecule has 0 aliphatic carbocycles. The second-order valence-electron chi connectivity index (χ2n) is 7.42. The minimum absolute atomic E-state index is 0.01000. The largest absolute Gasteiger partial charge is 0.748 e. The fraction of sp³-hybridized carbons (Fsp3) is 0.0870. The Morgan fingerprint density at radius 3 is 2.37 bits per heavy atom. The number of carbonyl (C=O) groups is 1. The predicted octanol–water partition coefficient (Wildman–Crippen LogP) is 2.73.